The Labute approximate surface area is 109 Å². The molecule has 0 saturated heterocycles. The number of hydrogen-bond acceptors (Lipinski definition) is 6. The minimum absolute atomic E-state index is 0.598. The van der Waals surface area contributed by atoms with Crippen molar-refractivity contribution < 1.29 is 0 Å². The van der Waals surface area contributed by atoms with Crippen LogP contribution in [-0.2, 0) is 13.5 Å². The fraction of sp³-hybridized carbons (Fsp3) is 0.364. The summed E-state index contributed by atoms with van der Waals surface area (Å²) in [5.41, 5.74) is 0.904. The zero-order valence-electron chi connectivity index (χ0n) is 10.8. The number of fused-ring (bicyclic) bond motifs is 1. The molecule has 3 heterocycles. The number of anilines is 1. The lowest BCUT2D eigenvalue weighted by Gasteiger charge is -2.08. The lowest BCUT2D eigenvalue weighted by Crippen LogP contribution is -2.12. The Kier molecular flexibility index (Phi) is 2.82. The highest BCUT2D eigenvalue weighted by Gasteiger charge is 2.06. The summed E-state index contributed by atoms with van der Waals surface area (Å²) in [6.45, 7) is 2.67. The molecule has 0 aliphatic rings. The molecule has 8 heteroatoms. The Morgan fingerprint density at radius 2 is 2.26 bits per heavy atom. The van der Waals surface area contributed by atoms with Crippen molar-refractivity contribution in [3.8, 4) is 0 Å². The largest absolute Gasteiger partial charge is 0.369 e. The maximum absolute atomic E-state index is 4.29. The standard InChI is InChI=1S/C11H14N8/c1-8-5-10(19-11(16-8)13-6-15-19)12-4-3-9-17-14-7-18(9)2/h5-7,12H,3-4H2,1-2H3. The molecule has 0 saturated carbocycles. The summed E-state index contributed by atoms with van der Waals surface area (Å²) in [7, 11) is 1.93. The van der Waals surface area contributed by atoms with Crippen LogP contribution in [0.2, 0.25) is 0 Å². The maximum atomic E-state index is 4.29. The Morgan fingerprint density at radius 1 is 1.37 bits per heavy atom. The predicted molar refractivity (Wildman–Crippen MR) is 68.7 cm³/mol. The van der Waals surface area contributed by atoms with Crippen LogP contribution >= 0.6 is 0 Å². The second kappa shape index (κ2) is 4.63. The quantitative estimate of drug-likeness (QED) is 0.720. The molecule has 98 valence electrons. The second-order valence-electron chi connectivity index (χ2n) is 4.29. The van der Waals surface area contributed by atoms with Gasteiger partial charge in [-0.15, -0.1) is 10.2 Å². The molecule has 8 nitrogen and oxygen atoms in total. The van der Waals surface area contributed by atoms with Crippen LogP contribution in [0.25, 0.3) is 5.78 Å². The van der Waals surface area contributed by atoms with Crippen LogP contribution in [-0.4, -0.2) is 40.9 Å². The van der Waals surface area contributed by atoms with E-state index in [1.807, 2.05) is 24.6 Å². The van der Waals surface area contributed by atoms with Crippen LogP contribution in [0.3, 0.4) is 0 Å². The maximum Gasteiger partial charge on any atom is 0.254 e. The monoisotopic (exact) mass is 258 g/mol. The molecule has 1 N–H and O–H groups in total. The first kappa shape index (κ1) is 11.6. The summed E-state index contributed by atoms with van der Waals surface area (Å²) >= 11 is 0. The van der Waals surface area contributed by atoms with E-state index >= 15 is 0 Å². The first-order valence-electron chi connectivity index (χ1n) is 5.98. The lowest BCUT2D eigenvalue weighted by molar-refractivity contribution is 0.784. The molecule has 0 aliphatic heterocycles. The average Bonchev–Trinajstić information content (AvgIpc) is 2.98. The Bertz CT molecular complexity index is 698. The van der Waals surface area contributed by atoms with E-state index in [4.69, 9.17) is 0 Å². The minimum Gasteiger partial charge on any atom is -0.369 e. The third-order valence-corrected chi connectivity index (χ3v) is 2.84. The van der Waals surface area contributed by atoms with E-state index in [1.165, 1.54) is 6.33 Å². The molecule has 0 aliphatic carbocycles. The third-order valence-electron chi connectivity index (χ3n) is 2.84. The SMILES string of the molecule is Cc1cc(NCCc2nncn2C)n2ncnc2n1. The first-order valence-corrected chi connectivity index (χ1v) is 5.98. The molecule has 3 aromatic rings. The molecule has 0 aromatic carbocycles. The molecule has 0 unspecified atom stereocenters. The summed E-state index contributed by atoms with van der Waals surface area (Å²) in [5.74, 6) is 2.41. The van der Waals surface area contributed by atoms with E-state index in [0.29, 0.717) is 5.78 Å². The number of nitrogens with zero attached hydrogens (tertiary/aromatic N) is 7. The van der Waals surface area contributed by atoms with Crippen LogP contribution in [0.4, 0.5) is 5.82 Å². The number of hydrogen-bond donors (Lipinski definition) is 1. The fourth-order valence-corrected chi connectivity index (χ4v) is 1.89. The summed E-state index contributed by atoms with van der Waals surface area (Å²) in [4.78, 5) is 8.38. The zero-order chi connectivity index (χ0) is 13.2. The van der Waals surface area contributed by atoms with Crippen molar-refractivity contribution in [2.75, 3.05) is 11.9 Å². The molecule has 0 fully saturated rings. The van der Waals surface area contributed by atoms with Gasteiger partial charge in [0.2, 0.25) is 0 Å². The molecule has 3 rings (SSSR count). The van der Waals surface area contributed by atoms with Crippen LogP contribution in [0, 0.1) is 6.92 Å². The highest BCUT2D eigenvalue weighted by molar-refractivity contribution is 5.44. The lowest BCUT2D eigenvalue weighted by atomic mass is 10.3. The van der Waals surface area contributed by atoms with Gasteiger partial charge in [0.25, 0.3) is 5.78 Å². The number of aryl methyl sites for hydroxylation is 2. The highest BCUT2D eigenvalue weighted by Crippen LogP contribution is 2.09. The van der Waals surface area contributed by atoms with Gasteiger partial charge in [0, 0.05) is 31.8 Å². The second-order valence-corrected chi connectivity index (χ2v) is 4.29. The van der Waals surface area contributed by atoms with E-state index in [9.17, 15) is 0 Å². The third kappa shape index (κ3) is 2.24. The molecule has 3 aromatic heterocycles. The Hall–Kier alpha value is -2.51. The minimum atomic E-state index is 0.598. The van der Waals surface area contributed by atoms with Gasteiger partial charge >= 0.3 is 0 Å². The van der Waals surface area contributed by atoms with Crippen LogP contribution in [0.5, 0.6) is 0 Å². The fourth-order valence-electron chi connectivity index (χ4n) is 1.89. The van der Waals surface area contributed by atoms with Crippen molar-refractivity contribution in [3.05, 3.63) is 30.2 Å². The summed E-state index contributed by atoms with van der Waals surface area (Å²) in [5, 5.41) is 15.4. The topological polar surface area (TPSA) is 85.8 Å². The van der Waals surface area contributed by atoms with Gasteiger partial charge in [-0.2, -0.15) is 14.6 Å². The van der Waals surface area contributed by atoms with E-state index in [1.54, 1.807) is 10.8 Å². The zero-order valence-corrected chi connectivity index (χ0v) is 10.8. The van der Waals surface area contributed by atoms with Crippen LogP contribution in [0.15, 0.2) is 18.7 Å². The Morgan fingerprint density at radius 3 is 3.05 bits per heavy atom. The van der Waals surface area contributed by atoms with Gasteiger partial charge < -0.3 is 9.88 Å². The van der Waals surface area contributed by atoms with Crippen molar-refractivity contribution in [1.29, 1.82) is 0 Å². The van der Waals surface area contributed by atoms with Gasteiger partial charge in [-0.1, -0.05) is 0 Å². The van der Waals surface area contributed by atoms with Crippen molar-refractivity contribution >= 4 is 11.6 Å². The molecular formula is C11H14N8. The van der Waals surface area contributed by atoms with Gasteiger partial charge in [0.15, 0.2) is 0 Å². The van der Waals surface area contributed by atoms with E-state index in [-0.39, 0.29) is 0 Å². The first-order chi connectivity index (χ1) is 9.24. The van der Waals surface area contributed by atoms with E-state index in [2.05, 4.69) is 30.6 Å². The molecule has 0 amide bonds. The predicted octanol–water partition coefficient (Wildman–Crippen LogP) is 0.216. The number of rotatable bonds is 4. The molecule has 0 bridgehead atoms. The van der Waals surface area contributed by atoms with Crippen LogP contribution in [0.1, 0.15) is 11.5 Å². The molecule has 0 spiro atoms. The van der Waals surface area contributed by atoms with E-state index in [0.717, 1.165) is 30.3 Å². The highest BCUT2D eigenvalue weighted by atomic mass is 15.4. The van der Waals surface area contributed by atoms with Crippen molar-refractivity contribution in [2.24, 2.45) is 7.05 Å². The van der Waals surface area contributed by atoms with Gasteiger partial charge in [-0.05, 0) is 6.92 Å². The molecule has 0 atom stereocenters. The smallest absolute Gasteiger partial charge is 0.254 e. The van der Waals surface area contributed by atoms with Gasteiger partial charge in [0.1, 0.15) is 24.3 Å². The molecule has 0 radical (unpaired) electrons. The summed E-state index contributed by atoms with van der Waals surface area (Å²) in [6, 6.07) is 1.94. The summed E-state index contributed by atoms with van der Waals surface area (Å²) in [6.07, 6.45) is 3.98. The number of aromatic nitrogens is 7. The normalized spacial score (nSPS) is 11.1. The molecular weight excluding hydrogens is 244 g/mol. The van der Waals surface area contributed by atoms with Crippen molar-refractivity contribution in [1.82, 2.24) is 34.3 Å². The van der Waals surface area contributed by atoms with Crippen LogP contribution < -0.4 is 5.32 Å². The summed E-state index contributed by atoms with van der Waals surface area (Å²) < 4.78 is 3.59. The van der Waals surface area contributed by atoms with Gasteiger partial charge in [-0.25, -0.2) is 4.98 Å². The van der Waals surface area contributed by atoms with Crippen molar-refractivity contribution in [3.63, 3.8) is 0 Å². The Balaban J connectivity index is 1.75. The average molecular weight is 258 g/mol. The van der Waals surface area contributed by atoms with Gasteiger partial charge in [0.05, 0.1) is 0 Å². The molecule has 19 heavy (non-hydrogen) atoms. The van der Waals surface area contributed by atoms with E-state index < -0.39 is 0 Å². The number of nitrogens with one attached hydrogen (secondary N) is 1. The van der Waals surface area contributed by atoms with Crippen molar-refractivity contribution in [2.45, 2.75) is 13.3 Å². The van der Waals surface area contributed by atoms with Gasteiger partial charge in [-0.3, -0.25) is 0 Å².